The van der Waals surface area contributed by atoms with Gasteiger partial charge in [0, 0.05) is 0 Å². The first kappa shape index (κ1) is 31.2. The Morgan fingerprint density at radius 2 is 1.76 bits per heavy atom. The van der Waals surface area contributed by atoms with Gasteiger partial charge < -0.3 is 0 Å². The third kappa shape index (κ3) is 6.08. The molecule has 0 amide bonds. The molecular weight excluding hydrogens is 690 g/mol. The van der Waals surface area contributed by atoms with E-state index in [-0.39, 0.29) is 29.9 Å². The number of halogens is 3. The quantitative estimate of drug-likeness (QED) is 0.176. The monoisotopic (exact) mass is 725 g/mol. The zero-order chi connectivity index (χ0) is 32.3. The Hall–Kier alpha value is -3.81. The summed E-state index contributed by atoms with van der Waals surface area (Å²) in [6.45, 7) is 3.84. The number of rotatable bonds is 8. The first-order valence-electron chi connectivity index (χ1n) is 14.8. The van der Waals surface area contributed by atoms with Crippen molar-refractivity contribution in [2.75, 3.05) is 7.11 Å². The van der Waals surface area contributed by atoms with Crippen molar-refractivity contribution in [2.24, 2.45) is 0 Å². The third-order valence-corrected chi connectivity index (χ3v) is 13.6. The van der Waals surface area contributed by atoms with E-state index in [0.717, 1.165) is 39.3 Å². The Morgan fingerprint density at radius 3 is 2.36 bits per heavy atom. The van der Waals surface area contributed by atoms with E-state index in [9.17, 15) is 18.0 Å². The summed E-state index contributed by atoms with van der Waals surface area (Å²) in [5.41, 5.74) is 2.26. The molecule has 6 rings (SSSR count). The Labute approximate surface area is 262 Å². The van der Waals surface area contributed by atoms with Crippen LogP contribution in [0.15, 0.2) is 53.8 Å². The summed E-state index contributed by atoms with van der Waals surface area (Å²) in [4.78, 5) is 43.0. The van der Waals surface area contributed by atoms with Gasteiger partial charge in [-0.1, -0.05) is 0 Å². The van der Waals surface area contributed by atoms with E-state index in [2.05, 4.69) is 29.8 Å². The van der Waals surface area contributed by atoms with Gasteiger partial charge in [-0.05, 0) is 0 Å². The average molecular weight is 724 g/mol. The van der Waals surface area contributed by atoms with Gasteiger partial charge in [0.15, 0.2) is 0 Å². The van der Waals surface area contributed by atoms with Crippen molar-refractivity contribution in [3.63, 3.8) is 0 Å². The molecule has 4 aromatic heterocycles. The van der Waals surface area contributed by atoms with E-state index in [1.807, 2.05) is 32.0 Å². The molecule has 13 heteroatoms. The van der Waals surface area contributed by atoms with Crippen LogP contribution in [0.5, 0.6) is 5.88 Å². The summed E-state index contributed by atoms with van der Waals surface area (Å²) in [6.07, 6.45) is 1.75. The molecule has 9 nitrogen and oxygen atoms in total. The van der Waals surface area contributed by atoms with Gasteiger partial charge in [-0.25, -0.2) is 0 Å². The minimum absolute atomic E-state index is 0.0941. The molecular formula is C32H34F3N7O2Sn. The fourth-order valence-electron chi connectivity index (χ4n) is 5.46. The van der Waals surface area contributed by atoms with Gasteiger partial charge in [0.25, 0.3) is 0 Å². The number of fused-ring (bicyclic) bond motifs is 1. The molecule has 234 valence electrons. The molecule has 1 saturated carbocycles. The van der Waals surface area contributed by atoms with Crippen LogP contribution in [0, 0.1) is 0 Å². The van der Waals surface area contributed by atoms with Gasteiger partial charge >= 0.3 is 250 Å². The zero-order valence-electron chi connectivity index (χ0n) is 26.0. The number of aromatic nitrogens is 7. The van der Waals surface area contributed by atoms with E-state index >= 15 is 0 Å². The van der Waals surface area contributed by atoms with Crippen molar-refractivity contribution in [1.29, 1.82) is 0 Å². The Balaban J connectivity index is 1.46. The molecule has 1 aliphatic rings. The standard InChI is InChI=1S/C29H25F3N7O2.3CH3.Sn/c1-16(2)38-14-21(29(30,31)32)36-26(38)19-6-4-17(5-7-19)13-39-22(40)11-10-20-12-33-25(37-27(20)39)23-24(18-8-9-18)34-15-35-28(23)41-3;;;;/h4-7,10,12,14-16,18H,8-9,13H2,1-3H3;3*1H3;. The maximum atomic E-state index is 14.1. The fraction of sp³-hybridized carbons (Fsp3) is 0.375. The van der Waals surface area contributed by atoms with Crippen molar-refractivity contribution in [1.82, 2.24) is 34.1 Å². The average Bonchev–Trinajstić information content (AvgIpc) is 3.73. The molecule has 1 aromatic carbocycles. The van der Waals surface area contributed by atoms with Crippen LogP contribution in [0.2, 0.25) is 14.8 Å². The summed E-state index contributed by atoms with van der Waals surface area (Å²) >= 11 is -2.89. The molecule has 0 unspecified atom stereocenters. The van der Waals surface area contributed by atoms with E-state index in [1.165, 1.54) is 10.9 Å². The molecule has 1 fully saturated rings. The van der Waals surface area contributed by atoms with Gasteiger partial charge in [-0.15, -0.1) is 0 Å². The number of pyridine rings is 1. The van der Waals surface area contributed by atoms with Crippen LogP contribution in [-0.4, -0.2) is 59.5 Å². The summed E-state index contributed by atoms with van der Waals surface area (Å²) in [5, 5.41) is 0.749. The Bertz CT molecular complexity index is 1960. The topological polar surface area (TPSA) is 101 Å². The molecule has 0 atom stereocenters. The Kier molecular flexibility index (Phi) is 7.98. The van der Waals surface area contributed by atoms with E-state index in [0.29, 0.717) is 28.5 Å². The molecule has 0 radical (unpaired) electrons. The summed E-state index contributed by atoms with van der Waals surface area (Å²) in [7, 11) is 1.54. The molecule has 4 heterocycles. The SMILES string of the molecule is COc1ncnc(C2CC2)c1-c1ncc2c[c]([Sn]([CH3])([CH3])[CH3])c(=O)n(Cc3ccc(-c4nc(C(F)(F)F)cn4C(C)C)cc3)c2n1. The molecule has 0 aliphatic heterocycles. The van der Waals surface area contributed by atoms with Crippen LogP contribution in [0.3, 0.4) is 0 Å². The van der Waals surface area contributed by atoms with Gasteiger partial charge in [-0.3, -0.25) is 0 Å². The third-order valence-electron chi connectivity index (χ3n) is 7.99. The van der Waals surface area contributed by atoms with Crippen molar-refractivity contribution >= 4 is 33.0 Å². The second kappa shape index (κ2) is 11.5. The number of ether oxygens (including phenoxy) is 1. The number of benzene rings is 1. The van der Waals surface area contributed by atoms with Crippen molar-refractivity contribution in [2.45, 2.75) is 66.2 Å². The minimum atomic E-state index is -4.55. The second-order valence-electron chi connectivity index (χ2n) is 12.7. The number of hydrogen-bond acceptors (Lipinski definition) is 7. The van der Waals surface area contributed by atoms with Crippen LogP contribution in [0.25, 0.3) is 33.8 Å². The van der Waals surface area contributed by atoms with Crippen molar-refractivity contribution in [3.8, 4) is 28.7 Å². The number of nitrogens with zero attached hydrogens (tertiary/aromatic N) is 7. The summed E-state index contributed by atoms with van der Waals surface area (Å²) in [6, 6.07) is 8.82. The predicted molar refractivity (Wildman–Crippen MR) is 168 cm³/mol. The van der Waals surface area contributed by atoms with Crippen LogP contribution < -0.4 is 13.9 Å². The van der Waals surface area contributed by atoms with E-state index in [4.69, 9.17) is 14.7 Å². The molecule has 45 heavy (non-hydrogen) atoms. The van der Waals surface area contributed by atoms with Gasteiger partial charge in [0.1, 0.15) is 0 Å². The molecule has 0 spiro atoms. The van der Waals surface area contributed by atoms with Gasteiger partial charge in [0.2, 0.25) is 0 Å². The molecule has 0 saturated heterocycles. The second-order valence-corrected chi connectivity index (χ2v) is 27.1. The number of hydrogen-bond donors (Lipinski definition) is 0. The first-order chi connectivity index (χ1) is 21.3. The number of alkyl halides is 3. The maximum absolute atomic E-state index is 14.1. The van der Waals surface area contributed by atoms with Crippen LogP contribution in [-0.2, 0) is 12.7 Å². The number of imidazole rings is 1. The van der Waals surface area contributed by atoms with Crippen molar-refractivity contribution in [3.05, 3.63) is 76.4 Å². The Morgan fingerprint density at radius 1 is 1.04 bits per heavy atom. The predicted octanol–water partition coefficient (Wildman–Crippen LogP) is 6.19. The van der Waals surface area contributed by atoms with E-state index < -0.39 is 30.2 Å². The summed E-state index contributed by atoms with van der Waals surface area (Å²) in [5.74, 6) is 1.29. The molecule has 0 N–H and O–H groups in total. The normalized spacial score (nSPS) is 14.0. The first-order valence-corrected chi connectivity index (χ1v) is 24.8. The van der Waals surface area contributed by atoms with Crippen LogP contribution in [0.1, 0.15) is 55.6 Å². The van der Waals surface area contributed by atoms with Crippen LogP contribution in [0.4, 0.5) is 13.2 Å². The van der Waals surface area contributed by atoms with Crippen molar-refractivity contribution < 1.29 is 17.9 Å². The molecule has 1 aliphatic carbocycles. The fourth-order valence-corrected chi connectivity index (χ4v) is 9.35. The van der Waals surface area contributed by atoms with E-state index in [1.54, 1.807) is 30.0 Å². The summed E-state index contributed by atoms with van der Waals surface area (Å²) < 4.78 is 50.0. The van der Waals surface area contributed by atoms with Crippen LogP contribution >= 0.6 is 0 Å². The van der Waals surface area contributed by atoms with Gasteiger partial charge in [-0.2, -0.15) is 13.2 Å². The zero-order valence-corrected chi connectivity index (χ0v) is 28.8. The molecule has 0 bridgehead atoms. The molecule has 5 aromatic rings. The number of methoxy groups -OCH3 is 1. The van der Waals surface area contributed by atoms with Gasteiger partial charge in [0.05, 0.1) is 0 Å².